The van der Waals surface area contributed by atoms with Crippen LogP contribution in [0.5, 0.6) is 0 Å². The maximum atomic E-state index is 12.9. The Morgan fingerprint density at radius 3 is 2.65 bits per heavy atom. The molecule has 0 saturated carbocycles. The van der Waals surface area contributed by atoms with E-state index in [1.165, 1.54) is 4.57 Å². The molecule has 7 heteroatoms. The van der Waals surface area contributed by atoms with Crippen LogP contribution < -0.4 is 11.1 Å². The topological polar surface area (TPSA) is 84.5 Å². The number of rotatable bonds is 5. The zero-order chi connectivity index (χ0) is 18.7. The highest BCUT2D eigenvalue weighted by Gasteiger charge is 2.31. The Hall–Kier alpha value is -2.57. The van der Waals surface area contributed by atoms with Gasteiger partial charge in [0.1, 0.15) is 6.04 Å². The Morgan fingerprint density at radius 2 is 1.96 bits per heavy atom. The predicted molar refractivity (Wildman–Crippen MR) is 97.8 cm³/mol. The van der Waals surface area contributed by atoms with Crippen LogP contribution in [0.15, 0.2) is 33.5 Å². The first kappa shape index (κ1) is 18.2. The minimum absolute atomic E-state index is 0.0432. The molecule has 1 N–H and O–H groups in total. The molecular formula is C19H25N3O4. The van der Waals surface area contributed by atoms with Gasteiger partial charge in [0.05, 0.1) is 5.52 Å². The third kappa shape index (κ3) is 3.52. The second kappa shape index (κ2) is 7.76. The van der Waals surface area contributed by atoms with E-state index in [4.69, 9.17) is 4.42 Å². The standard InChI is InChI=1S/C19H25N3O4/c1-3-10-20-17(23)14-8-11-21(12-9-14)18(24)13(2)22-15-6-4-5-7-16(15)26-19(22)25/h4-7,13-14H,3,8-12H2,1-2H3,(H,20,23). The number of fused-ring (bicyclic) bond motifs is 1. The summed E-state index contributed by atoms with van der Waals surface area (Å²) in [5.41, 5.74) is 1.09. The fourth-order valence-corrected chi connectivity index (χ4v) is 3.48. The van der Waals surface area contributed by atoms with Crippen molar-refractivity contribution in [2.45, 2.75) is 39.2 Å². The second-order valence-corrected chi connectivity index (χ2v) is 6.77. The van der Waals surface area contributed by atoms with Gasteiger partial charge in [0.15, 0.2) is 5.58 Å². The van der Waals surface area contributed by atoms with Gasteiger partial charge >= 0.3 is 5.76 Å². The van der Waals surface area contributed by atoms with E-state index >= 15 is 0 Å². The van der Waals surface area contributed by atoms with E-state index in [0.717, 1.165) is 6.42 Å². The van der Waals surface area contributed by atoms with E-state index in [0.29, 0.717) is 43.6 Å². The molecule has 1 aliphatic rings. The Balaban J connectivity index is 1.67. The van der Waals surface area contributed by atoms with Crippen LogP contribution in [-0.4, -0.2) is 40.9 Å². The van der Waals surface area contributed by atoms with E-state index in [-0.39, 0.29) is 17.7 Å². The average Bonchev–Trinajstić information content (AvgIpc) is 3.00. The van der Waals surface area contributed by atoms with Crippen LogP contribution in [0.25, 0.3) is 11.1 Å². The van der Waals surface area contributed by atoms with Gasteiger partial charge in [0, 0.05) is 25.6 Å². The molecule has 1 aromatic carbocycles. The average molecular weight is 359 g/mol. The number of likely N-dealkylation sites (tertiary alicyclic amines) is 1. The SMILES string of the molecule is CCCNC(=O)C1CCN(C(=O)C(C)n2c(=O)oc3ccccc32)CC1. The van der Waals surface area contributed by atoms with Crippen LogP contribution >= 0.6 is 0 Å². The van der Waals surface area contributed by atoms with E-state index < -0.39 is 11.8 Å². The first-order valence-electron chi connectivity index (χ1n) is 9.19. The number of para-hydroxylation sites is 2. The van der Waals surface area contributed by atoms with Gasteiger partial charge in [-0.1, -0.05) is 19.1 Å². The Morgan fingerprint density at radius 1 is 1.27 bits per heavy atom. The van der Waals surface area contributed by atoms with Gasteiger partial charge in [-0.15, -0.1) is 0 Å². The second-order valence-electron chi connectivity index (χ2n) is 6.77. The minimum atomic E-state index is -0.642. The summed E-state index contributed by atoms with van der Waals surface area (Å²) in [5.74, 6) is -0.616. The van der Waals surface area contributed by atoms with E-state index in [2.05, 4.69) is 5.32 Å². The van der Waals surface area contributed by atoms with Crippen LogP contribution in [0.4, 0.5) is 0 Å². The summed E-state index contributed by atoms with van der Waals surface area (Å²) < 4.78 is 6.63. The number of hydrogen-bond donors (Lipinski definition) is 1. The van der Waals surface area contributed by atoms with Crippen molar-refractivity contribution < 1.29 is 14.0 Å². The Kier molecular flexibility index (Phi) is 5.44. The molecule has 1 saturated heterocycles. The Labute approximate surface area is 152 Å². The van der Waals surface area contributed by atoms with Gasteiger partial charge < -0.3 is 14.6 Å². The van der Waals surface area contributed by atoms with Crippen LogP contribution in [0.3, 0.4) is 0 Å². The summed E-state index contributed by atoms with van der Waals surface area (Å²) in [7, 11) is 0. The summed E-state index contributed by atoms with van der Waals surface area (Å²) in [6.07, 6.45) is 2.21. The molecule has 2 aromatic rings. The molecule has 2 amide bonds. The summed E-state index contributed by atoms with van der Waals surface area (Å²) in [5, 5.41) is 2.92. The van der Waals surface area contributed by atoms with Crippen molar-refractivity contribution in [2.24, 2.45) is 5.92 Å². The van der Waals surface area contributed by atoms with Gasteiger partial charge in [0.25, 0.3) is 0 Å². The first-order chi connectivity index (χ1) is 12.5. The molecule has 1 unspecified atom stereocenters. The number of nitrogens with zero attached hydrogens (tertiary/aromatic N) is 2. The van der Waals surface area contributed by atoms with E-state index in [9.17, 15) is 14.4 Å². The molecule has 2 heterocycles. The number of benzene rings is 1. The van der Waals surface area contributed by atoms with Crippen LogP contribution in [0.2, 0.25) is 0 Å². The van der Waals surface area contributed by atoms with Crippen molar-refractivity contribution in [3.05, 3.63) is 34.8 Å². The van der Waals surface area contributed by atoms with Crippen LogP contribution in [0, 0.1) is 5.92 Å². The molecule has 1 aliphatic heterocycles. The molecule has 3 rings (SSSR count). The van der Waals surface area contributed by atoms with Gasteiger partial charge in [-0.3, -0.25) is 14.2 Å². The lowest BCUT2D eigenvalue weighted by molar-refractivity contribution is -0.138. The molecule has 7 nitrogen and oxygen atoms in total. The zero-order valence-electron chi connectivity index (χ0n) is 15.2. The fourth-order valence-electron chi connectivity index (χ4n) is 3.48. The summed E-state index contributed by atoms with van der Waals surface area (Å²) in [4.78, 5) is 38.9. The lowest BCUT2D eigenvalue weighted by atomic mass is 9.95. The third-order valence-corrected chi connectivity index (χ3v) is 4.99. The van der Waals surface area contributed by atoms with Gasteiger partial charge in [-0.25, -0.2) is 4.79 Å². The molecule has 0 bridgehead atoms. The van der Waals surface area contributed by atoms with Gasteiger partial charge in [-0.05, 0) is 38.3 Å². The maximum absolute atomic E-state index is 12.9. The maximum Gasteiger partial charge on any atom is 0.420 e. The van der Waals surface area contributed by atoms with E-state index in [1.54, 1.807) is 30.0 Å². The smallest absolute Gasteiger partial charge is 0.408 e. The molecule has 0 radical (unpaired) electrons. The van der Waals surface area contributed by atoms with Crippen molar-refractivity contribution in [3.63, 3.8) is 0 Å². The number of nitrogens with one attached hydrogen (secondary N) is 1. The largest absolute Gasteiger partial charge is 0.420 e. The minimum Gasteiger partial charge on any atom is -0.408 e. The molecule has 0 spiro atoms. The van der Waals surface area contributed by atoms with Crippen molar-refractivity contribution in [1.29, 1.82) is 0 Å². The predicted octanol–water partition coefficient (Wildman–Crippen LogP) is 1.92. The number of piperidine rings is 1. The van der Waals surface area contributed by atoms with Crippen LogP contribution in [0.1, 0.15) is 39.2 Å². The lowest BCUT2D eigenvalue weighted by Crippen LogP contribution is -2.45. The normalized spacial score (nSPS) is 16.6. The van der Waals surface area contributed by atoms with Crippen molar-refractivity contribution >= 4 is 22.9 Å². The highest BCUT2D eigenvalue weighted by molar-refractivity contribution is 5.84. The number of oxazole rings is 1. The fraction of sp³-hybridized carbons (Fsp3) is 0.526. The zero-order valence-corrected chi connectivity index (χ0v) is 15.2. The number of amides is 2. The van der Waals surface area contributed by atoms with E-state index in [1.807, 2.05) is 13.0 Å². The van der Waals surface area contributed by atoms with Crippen molar-refractivity contribution in [2.75, 3.05) is 19.6 Å². The number of hydrogen-bond acceptors (Lipinski definition) is 4. The monoisotopic (exact) mass is 359 g/mol. The highest BCUT2D eigenvalue weighted by Crippen LogP contribution is 2.22. The quantitative estimate of drug-likeness (QED) is 0.884. The summed E-state index contributed by atoms with van der Waals surface area (Å²) in [6, 6.07) is 6.44. The molecule has 26 heavy (non-hydrogen) atoms. The molecule has 1 aromatic heterocycles. The molecule has 1 atom stereocenters. The van der Waals surface area contributed by atoms with Crippen LogP contribution in [-0.2, 0) is 9.59 Å². The first-order valence-corrected chi connectivity index (χ1v) is 9.19. The van der Waals surface area contributed by atoms with Gasteiger partial charge in [0.2, 0.25) is 11.8 Å². The summed E-state index contributed by atoms with van der Waals surface area (Å²) in [6.45, 7) is 5.47. The van der Waals surface area contributed by atoms with Crippen molar-refractivity contribution in [1.82, 2.24) is 14.8 Å². The molecule has 140 valence electrons. The number of aromatic nitrogens is 1. The molecule has 0 aliphatic carbocycles. The number of carbonyl (C=O) groups is 2. The third-order valence-electron chi connectivity index (χ3n) is 4.99. The number of carbonyl (C=O) groups excluding carboxylic acids is 2. The Bertz CT molecular complexity index is 846. The lowest BCUT2D eigenvalue weighted by Gasteiger charge is -2.33. The molecule has 1 fully saturated rings. The summed E-state index contributed by atoms with van der Waals surface area (Å²) >= 11 is 0. The van der Waals surface area contributed by atoms with Gasteiger partial charge in [-0.2, -0.15) is 0 Å². The van der Waals surface area contributed by atoms with Crippen molar-refractivity contribution in [3.8, 4) is 0 Å². The highest BCUT2D eigenvalue weighted by atomic mass is 16.4. The molecular weight excluding hydrogens is 334 g/mol.